The van der Waals surface area contributed by atoms with Gasteiger partial charge in [0, 0.05) is 20.3 Å². The van der Waals surface area contributed by atoms with Crippen molar-refractivity contribution >= 4 is 0 Å². The first-order valence-electron chi connectivity index (χ1n) is 4.33. The highest BCUT2D eigenvalue weighted by Gasteiger charge is 2.16. The predicted molar refractivity (Wildman–Crippen MR) is 50.4 cm³/mol. The van der Waals surface area contributed by atoms with Gasteiger partial charge in [0.25, 0.3) is 0 Å². The van der Waals surface area contributed by atoms with Crippen LogP contribution in [0.15, 0.2) is 0 Å². The van der Waals surface area contributed by atoms with Crippen LogP contribution in [0.2, 0.25) is 0 Å². The number of rotatable bonds is 6. The molecule has 0 bridgehead atoms. The summed E-state index contributed by atoms with van der Waals surface area (Å²) in [7, 11) is 5.53. The Morgan fingerprint density at radius 1 is 1.08 bits per heavy atom. The normalized spacial score (nSPS) is 12.0. The zero-order chi connectivity index (χ0) is 9.56. The van der Waals surface area contributed by atoms with Crippen LogP contribution in [0.25, 0.3) is 0 Å². The van der Waals surface area contributed by atoms with Crippen LogP contribution in [-0.2, 0) is 9.47 Å². The lowest BCUT2D eigenvalue weighted by Crippen LogP contribution is -2.42. The highest BCUT2D eigenvalue weighted by Crippen LogP contribution is 2.02. The Balaban J connectivity index is 3.89. The molecule has 0 N–H and O–H groups in total. The van der Waals surface area contributed by atoms with E-state index in [-0.39, 0.29) is 0 Å². The van der Waals surface area contributed by atoms with Crippen LogP contribution in [0, 0.1) is 0 Å². The van der Waals surface area contributed by atoms with Gasteiger partial charge < -0.3 is 9.47 Å². The van der Waals surface area contributed by atoms with Gasteiger partial charge in [0.1, 0.15) is 0 Å². The fourth-order valence-corrected chi connectivity index (χ4v) is 1.09. The van der Waals surface area contributed by atoms with E-state index in [1.807, 2.05) is 0 Å². The van der Waals surface area contributed by atoms with E-state index < -0.39 is 0 Å². The van der Waals surface area contributed by atoms with Crippen molar-refractivity contribution < 1.29 is 9.47 Å². The Bertz CT molecular complexity index is 101. The van der Waals surface area contributed by atoms with Crippen molar-refractivity contribution in [3.8, 4) is 0 Å². The van der Waals surface area contributed by atoms with Gasteiger partial charge in [-0.05, 0) is 20.9 Å². The monoisotopic (exact) mass is 175 g/mol. The van der Waals surface area contributed by atoms with Gasteiger partial charge in [0.15, 0.2) is 0 Å². The molecule has 0 amide bonds. The number of hydrogen-bond donors (Lipinski definition) is 0. The van der Waals surface area contributed by atoms with E-state index in [0.29, 0.717) is 12.1 Å². The lowest BCUT2D eigenvalue weighted by atomic mass is 10.2. The summed E-state index contributed by atoms with van der Waals surface area (Å²) in [6, 6.07) is 0.889. The molecule has 0 aromatic rings. The second-order valence-electron chi connectivity index (χ2n) is 3.32. The van der Waals surface area contributed by atoms with E-state index in [4.69, 9.17) is 9.47 Å². The smallest absolute Gasteiger partial charge is 0.0640 e. The van der Waals surface area contributed by atoms with E-state index in [2.05, 4.69) is 25.8 Å². The molecule has 3 nitrogen and oxygen atoms in total. The van der Waals surface area contributed by atoms with Crippen LogP contribution in [-0.4, -0.2) is 51.5 Å². The molecular weight excluding hydrogens is 154 g/mol. The van der Waals surface area contributed by atoms with E-state index >= 15 is 0 Å². The summed E-state index contributed by atoms with van der Waals surface area (Å²) in [4.78, 5) is 2.26. The van der Waals surface area contributed by atoms with E-state index in [0.717, 1.165) is 13.2 Å². The van der Waals surface area contributed by atoms with Gasteiger partial charge in [-0.15, -0.1) is 0 Å². The second-order valence-corrected chi connectivity index (χ2v) is 3.32. The first-order valence-corrected chi connectivity index (χ1v) is 4.33. The minimum absolute atomic E-state index is 0.361. The van der Waals surface area contributed by atoms with Crippen LogP contribution in [0.5, 0.6) is 0 Å². The maximum absolute atomic E-state index is 5.11. The summed E-state index contributed by atoms with van der Waals surface area (Å²) in [5.74, 6) is 0. The summed E-state index contributed by atoms with van der Waals surface area (Å²) in [6.07, 6.45) is 0. The van der Waals surface area contributed by atoms with Crippen LogP contribution in [0.1, 0.15) is 13.8 Å². The lowest BCUT2D eigenvalue weighted by Gasteiger charge is -2.30. The molecule has 0 aromatic carbocycles. The molecule has 0 saturated heterocycles. The number of nitrogens with zero attached hydrogens (tertiary/aromatic N) is 1. The van der Waals surface area contributed by atoms with E-state index in [9.17, 15) is 0 Å². The SMILES string of the molecule is COCC(COC)N(C)C(C)C. The fraction of sp³-hybridized carbons (Fsp3) is 1.00. The van der Waals surface area contributed by atoms with Crippen molar-refractivity contribution in [2.24, 2.45) is 0 Å². The van der Waals surface area contributed by atoms with Crippen LogP contribution in [0.4, 0.5) is 0 Å². The molecule has 0 fully saturated rings. The minimum Gasteiger partial charge on any atom is -0.383 e. The third-order valence-corrected chi connectivity index (χ3v) is 2.11. The molecule has 3 heteroatoms. The summed E-state index contributed by atoms with van der Waals surface area (Å²) in [5, 5.41) is 0. The zero-order valence-corrected chi connectivity index (χ0v) is 8.83. The Labute approximate surface area is 75.6 Å². The summed E-state index contributed by atoms with van der Waals surface area (Å²) >= 11 is 0. The quantitative estimate of drug-likeness (QED) is 0.601. The first kappa shape index (κ1) is 11.9. The predicted octanol–water partition coefficient (Wildman–Crippen LogP) is 0.988. The van der Waals surface area contributed by atoms with Gasteiger partial charge in [0.2, 0.25) is 0 Å². The Morgan fingerprint density at radius 3 is 1.75 bits per heavy atom. The summed E-state index contributed by atoms with van der Waals surface area (Å²) < 4.78 is 10.2. The Morgan fingerprint density at radius 2 is 1.50 bits per heavy atom. The Hall–Kier alpha value is -0.120. The van der Waals surface area contributed by atoms with Crippen molar-refractivity contribution in [2.75, 3.05) is 34.5 Å². The number of hydrogen-bond acceptors (Lipinski definition) is 3. The summed E-state index contributed by atoms with van der Waals surface area (Å²) in [5.41, 5.74) is 0. The number of methoxy groups -OCH3 is 2. The molecule has 0 aliphatic heterocycles. The van der Waals surface area contributed by atoms with Crippen molar-refractivity contribution in [3.63, 3.8) is 0 Å². The third-order valence-electron chi connectivity index (χ3n) is 2.11. The number of ether oxygens (including phenoxy) is 2. The van der Waals surface area contributed by atoms with Crippen molar-refractivity contribution in [1.82, 2.24) is 4.90 Å². The lowest BCUT2D eigenvalue weighted by molar-refractivity contribution is 0.0352. The van der Waals surface area contributed by atoms with Gasteiger partial charge >= 0.3 is 0 Å². The van der Waals surface area contributed by atoms with Gasteiger partial charge in [0.05, 0.1) is 19.3 Å². The molecule has 0 aliphatic rings. The topological polar surface area (TPSA) is 21.7 Å². The Kier molecular flexibility index (Phi) is 6.34. The zero-order valence-electron chi connectivity index (χ0n) is 8.83. The molecule has 0 spiro atoms. The van der Waals surface area contributed by atoms with Crippen LogP contribution >= 0.6 is 0 Å². The highest BCUT2D eigenvalue weighted by atomic mass is 16.5. The molecule has 0 heterocycles. The molecule has 0 rings (SSSR count). The number of likely N-dealkylation sites (N-methyl/N-ethyl adjacent to an activating group) is 1. The average molecular weight is 175 g/mol. The molecule has 0 unspecified atom stereocenters. The second kappa shape index (κ2) is 6.40. The average Bonchev–Trinajstić information content (AvgIpc) is 2.03. The van der Waals surface area contributed by atoms with Gasteiger partial charge in [-0.3, -0.25) is 4.90 Å². The van der Waals surface area contributed by atoms with E-state index in [1.54, 1.807) is 14.2 Å². The summed E-state index contributed by atoms with van der Waals surface area (Å²) in [6.45, 7) is 5.78. The first-order chi connectivity index (χ1) is 5.63. The van der Waals surface area contributed by atoms with Crippen LogP contribution in [0.3, 0.4) is 0 Å². The molecule has 12 heavy (non-hydrogen) atoms. The molecule has 0 aliphatic carbocycles. The molecule has 0 aromatic heterocycles. The van der Waals surface area contributed by atoms with Crippen LogP contribution < -0.4 is 0 Å². The highest BCUT2D eigenvalue weighted by molar-refractivity contribution is 4.70. The van der Waals surface area contributed by atoms with Crippen molar-refractivity contribution in [1.29, 1.82) is 0 Å². The van der Waals surface area contributed by atoms with Crippen molar-refractivity contribution in [3.05, 3.63) is 0 Å². The molecule has 0 atom stereocenters. The van der Waals surface area contributed by atoms with Gasteiger partial charge in [-0.2, -0.15) is 0 Å². The largest absolute Gasteiger partial charge is 0.383 e. The van der Waals surface area contributed by atoms with Crippen molar-refractivity contribution in [2.45, 2.75) is 25.9 Å². The van der Waals surface area contributed by atoms with Gasteiger partial charge in [-0.25, -0.2) is 0 Å². The standard InChI is InChI=1S/C9H21NO2/c1-8(2)10(3)9(6-11-4)7-12-5/h8-9H,6-7H2,1-5H3. The maximum atomic E-state index is 5.11. The van der Waals surface area contributed by atoms with E-state index in [1.165, 1.54) is 0 Å². The van der Waals surface area contributed by atoms with Gasteiger partial charge in [-0.1, -0.05) is 0 Å². The molecule has 0 saturated carbocycles. The maximum Gasteiger partial charge on any atom is 0.0640 e. The fourth-order valence-electron chi connectivity index (χ4n) is 1.09. The molecule has 74 valence electrons. The minimum atomic E-state index is 0.361. The molecular formula is C9H21NO2. The molecule has 0 radical (unpaired) electrons. The third kappa shape index (κ3) is 4.04.